The molecule has 152 valence electrons. The number of rotatable bonds is 8. The van der Waals surface area contributed by atoms with Crippen molar-refractivity contribution in [3.63, 3.8) is 0 Å². The van der Waals surface area contributed by atoms with Gasteiger partial charge >= 0.3 is 0 Å². The molecule has 8 heteroatoms. The normalized spacial score (nSPS) is 12.4. The smallest absolute Gasteiger partial charge is 0.261 e. The highest BCUT2D eigenvalue weighted by Crippen LogP contribution is 2.32. The van der Waals surface area contributed by atoms with E-state index >= 15 is 0 Å². The van der Waals surface area contributed by atoms with E-state index in [-0.39, 0.29) is 25.9 Å². The largest absolute Gasteiger partial charge is 0.454 e. The number of carbonyl (C=O) groups is 2. The molecule has 0 atom stereocenters. The van der Waals surface area contributed by atoms with Crippen molar-refractivity contribution in [1.82, 2.24) is 5.32 Å². The van der Waals surface area contributed by atoms with Crippen LogP contribution >= 0.6 is 0 Å². The van der Waals surface area contributed by atoms with Gasteiger partial charge in [-0.05, 0) is 43.2 Å². The van der Waals surface area contributed by atoms with Gasteiger partial charge in [-0.25, -0.2) is 0 Å². The van der Waals surface area contributed by atoms with Crippen molar-refractivity contribution in [3.05, 3.63) is 53.6 Å². The summed E-state index contributed by atoms with van der Waals surface area (Å²) in [7, 11) is 0. The minimum absolute atomic E-state index is 0.148. The van der Waals surface area contributed by atoms with Crippen LogP contribution in [0.1, 0.15) is 25.0 Å². The number of hydrogen-bond acceptors (Lipinski definition) is 6. The van der Waals surface area contributed by atoms with Gasteiger partial charge in [0.2, 0.25) is 12.7 Å². The maximum atomic E-state index is 12.0. The number of hydrogen-bond donors (Lipinski definition) is 2. The zero-order valence-corrected chi connectivity index (χ0v) is 16.4. The van der Waals surface area contributed by atoms with Crippen molar-refractivity contribution < 1.29 is 23.9 Å². The third-order valence-electron chi connectivity index (χ3n) is 4.31. The summed E-state index contributed by atoms with van der Waals surface area (Å²) >= 11 is 0. The maximum absolute atomic E-state index is 12.0. The van der Waals surface area contributed by atoms with Crippen LogP contribution in [0.4, 0.5) is 5.69 Å². The fraction of sp³-hybridized carbons (Fsp3) is 0.286. The number of aryl methyl sites for hydroxylation is 1. The first-order valence-corrected chi connectivity index (χ1v) is 9.28. The lowest BCUT2D eigenvalue weighted by Crippen LogP contribution is -2.35. The number of fused-ring (bicyclic) bond motifs is 1. The Labute approximate surface area is 168 Å². The molecule has 0 unspecified atom stereocenters. The van der Waals surface area contributed by atoms with E-state index in [0.29, 0.717) is 17.2 Å². The lowest BCUT2D eigenvalue weighted by atomic mass is 10.1. The van der Waals surface area contributed by atoms with Crippen molar-refractivity contribution in [2.45, 2.75) is 20.3 Å². The van der Waals surface area contributed by atoms with Crippen LogP contribution in [0.15, 0.2) is 47.6 Å². The van der Waals surface area contributed by atoms with Crippen LogP contribution in [0.25, 0.3) is 0 Å². The standard InChI is InChI=1S/C21H23N3O5/c1-3-15-6-4-5-7-17(15)23-20(25)11-22-21(26)12-29-24-14(2)16-8-9-18-19(10-16)28-13-27-18/h4-10H,3,11-13H2,1-2H3,(H,22,26)(H,23,25)/b24-14-. The Bertz CT molecular complexity index is 926. The predicted molar refractivity (Wildman–Crippen MR) is 108 cm³/mol. The van der Waals surface area contributed by atoms with Crippen molar-refractivity contribution in [3.8, 4) is 11.5 Å². The summed E-state index contributed by atoms with van der Waals surface area (Å²) in [5.74, 6) is 0.581. The van der Waals surface area contributed by atoms with Gasteiger partial charge in [0, 0.05) is 11.3 Å². The maximum Gasteiger partial charge on any atom is 0.261 e. The number of oxime groups is 1. The molecule has 2 amide bonds. The van der Waals surface area contributed by atoms with Gasteiger partial charge in [-0.1, -0.05) is 30.3 Å². The second-order valence-corrected chi connectivity index (χ2v) is 6.35. The van der Waals surface area contributed by atoms with E-state index in [1.54, 1.807) is 19.1 Å². The quantitative estimate of drug-likeness (QED) is 0.527. The van der Waals surface area contributed by atoms with Crippen LogP contribution in [0.3, 0.4) is 0 Å². The molecule has 2 N–H and O–H groups in total. The van der Waals surface area contributed by atoms with Crippen LogP contribution in [0, 0.1) is 0 Å². The SMILES string of the molecule is CCc1ccccc1NC(=O)CNC(=O)CO/N=C(/C)c1ccc2c(c1)OCO2. The molecule has 2 aromatic rings. The summed E-state index contributed by atoms with van der Waals surface area (Å²) in [5.41, 5.74) is 3.16. The van der Waals surface area contributed by atoms with Crippen molar-refractivity contribution >= 4 is 23.2 Å². The number of carbonyl (C=O) groups excluding carboxylic acids is 2. The van der Waals surface area contributed by atoms with Crippen molar-refractivity contribution in [1.29, 1.82) is 0 Å². The Hall–Kier alpha value is -3.55. The monoisotopic (exact) mass is 397 g/mol. The lowest BCUT2D eigenvalue weighted by Gasteiger charge is -2.10. The fourth-order valence-electron chi connectivity index (χ4n) is 2.74. The Kier molecular flexibility index (Phi) is 6.67. The number of nitrogens with one attached hydrogen (secondary N) is 2. The number of anilines is 1. The van der Waals surface area contributed by atoms with E-state index in [1.807, 2.05) is 37.3 Å². The van der Waals surface area contributed by atoms with E-state index in [1.165, 1.54) is 0 Å². The molecule has 0 spiro atoms. The lowest BCUT2D eigenvalue weighted by molar-refractivity contribution is -0.127. The molecular formula is C21H23N3O5. The molecule has 0 radical (unpaired) electrons. The number of benzene rings is 2. The number of amides is 2. The topological polar surface area (TPSA) is 98.3 Å². The second kappa shape index (κ2) is 9.59. The molecule has 1 aliphatic rings. The first kappa shape index (κ1) is 20.2. The summed E-state index contributed by atoms with van der Waals surface area (Å²) in [6.45, 7) is 3.53. The molecule has 0 aliphatic carbocycles. The Morgan fingerprint density at radius 2 is 1.90 bits per heavy atom. The molecule has 8 nitrogen and oxygen atoms in total. The minimum Gasteiger partial charge on any atom is -0.454 e. The summed E-state index contributed by atoms with van der Waals surface area (Å²) in [5, 5.41) is 9.23. The van der Waals surface area contributed by atoms with Gasteiger partial charge in [0.1, 0.15) is 0 Å². The summed E-state index contributed by atoms with van der Waals surface area (Å²) < 4.78 is 10.6. The van der Waals surface area contributed by atoms with Gasteiger partial charge in [0.25, 0.3) is 5.91 Å². The van der Waals surface area contributed by atoms with Gasteiger partial charge in [-0.3, -0.25) is 9.59 Å². The molecule has 0 aromatic heterocycles. The Balaban J connectivity index is 1.42. The molecule has 0 fully saturated rings. The third kappa shape index (κ3) is 5.47. The molecule has 1 aliphatic heterocycles. The molecule has 0 bridgehead atoms. The molecule has 0 saturated heterocycles. The van der Waals surface area contributed by atoms with E-state index < -0.39 is 5.91 Å². The summed E-state index contributed by atoms with van der Waals surface area (Å²) in [6.07, 6.45) is 0.803. The van der Waals surface area contributed by atoms with Crippen molar-refractivity contribution in [2.24, 2.45) is 5.16 Å². The highest BCUT2D eigenvalue weighted by Gasteiger charge is 2.14. The summed E-state index contributed by atoms with van der Waals surface area (Å²) in [4.78, 5) is 29.0. The van der Waals surface area contributed by atoms with Gasteiger partial charge < -0.3 is 24.9 Å². The van der Waals surface area contributed by atoms with E-state index in [9.17, 15) is 9.59 Å². The molecule has 1 heterocycles. The average Bonchev–Trinajstić information content (AvgIpc) is 3.20. The van der Waals surface area contributed by atoms with E-state index in [2.05, 4.69) is 15.8 Å². The highest BCUT2D eigenvalue weighted by atomic mass is 16.7. The van der Waals surface area contributed by atoms with Gasteiger partial charge in [0.05, 0.1) is 12.3 Å². The van der Waals surface area contributed by atoms with Crippen molar-refractivity contribution in [2.75, 3.05) is 25.3 Å². The van der Waals surface area contributed by atoms with E-state index in [4.69, 9.17) is 14.3 Å². The van der Waals surface area contributed by atoms with Gasteiger partial charge in [0.15, 0.2) is 18.1 Å². The van der Waals surface area contributed by atoms with Crippen LogP contribution in [0.5, 0.6) is 11.5 Å². The molecular weight excluding hydrogens is 374 g/mol. The Morgan fingerprint density at radius 3 is 2.72 bits per heavy atom. The molecule has 29 heavy (non-hydrogen) atoms. The van der Waals surface area contributed by atoms with E-state index in [0.717, 1.165) is 23.2 Å². The third-order valence-corrected chi connectivity index (χ3v) is 4.31. The van der Waals surface area contributed by atoms with Gasteiger partial charge in [-0.2, -0.15) is 0 Å². The molecule has 3 rings (SSSR count). The molecule has 2 aromatic carbocycles. The zero-order chi connectivity index (χ0) is 20.6. The van der Waals surface area contributed by atoms with Crippen LogP contribution in [-0.4, -0.2) is 37.5 Å². The predicted octanol–water partition coefficient (Wildman–Crippen LogP) is 2.47. The first-order valence-electron chi connectivity index (χ1n) is 9.28. The Morgan fingerprint density at radius 1 is 1.10 bits per heavy atom. The fourth-order valence-corrected chi connectivity index (χ4v) is 2.74. The van der Waals surface area contributed by atoms with Crippen LogP contribution < -0.4 is 20.1 Å². The number of nitrogens with zero attached hydrogens (tertiary/aromatic N) is 1. The molecule has 0 saturated carbocycles. The summed E-state index contributed by atoms with van der Waals surface area (Å²) in [6, 6.07) is 13.0. The average molecular weight is 397 g/mol. The van der Waals surface area contributed by atoms with Crippen LogP contribution in [0.2, 0.25) is 0 Å². The zero-order valence-electron chi connectivity index (χ0n) is 16.4. The minimum atomic E-state index is -0.439. The van der Waals surface area contributed by atoms with Crippen LogP contribution in [-0.2, 0) is 20.8 Å². The van der Waals surface area contributed by atoms with Gasteiger partial charge in [-0.15, -0.1) is 0 Å². The highest BCUT2D eigenvalue weighted by molar-refractivity contribution is 5.99. The number of ether oxygens (including phenoxy) is 2. The first-order chi connectivity index (χ1) is 14.1. The second-order valence-electron chi connectivity index (χ2n) is 6.35. The number of para-hydroxylation sites is 1.